The minimum atomic E-state index is -0.180. The van der Waals surface area contributed by atoms with E-state index in [0.29, 0.717) is 19.4 Å². The first kappa shape index (κ1) is 11.5. The van der Waals surface area contributed by atoms with Crippen molar-refractivity contribution < 1.29 is 14.6 Å². The Balaban J connectivity index is 2.41. The molecule has 0 bridgehead atoms. The molecule has 82 valence electrons. The number of nitrogens with zero attached hydrogens (tertiary/aromatic N) is 1. The van der Waals surface area contributed by atoms with E-state index >= 15 is 0 Å². The maximum absolute atomic E-state index is 11.3. The number of nitrogens with one attached hydrogen (secondary N) is 1. The van der Waals surface area contributed by atoms with Crippen molar-refractivity contribution in [2.75, 3.05) is 19.0 Å². The minimum absolute atomic E-state index is 0.0300. The van der Waals surface area contributed by atoms with Gasteiger partial charge < -0.3 is 15.2 Å². The zero-order chi connectivity index (χ0) is 11.1. The average molecular weight is 210 g/mol. The van der Waals surface area contributed by atoms with E-state index in [-0.39, 0.29) is 17.5 Å². The summed E-state index contributed by atoms with van der Waals surface area (Å²) in [5.74, 6) is -0.0152. The summed E-state index contributed by atoms with van der Waals surface area (Å²) in [5, 5.41) is 11.8. The molecule has 15 heavy (non-hydrogen) atoms. The summed E-state index contributed by atoms with van der Waals surface area (Å²) in [6.07, 6.45) is 2.50. The van der Waals surface area contributed by atoms with E-state index in [9.17, 15) is 9.90 Å². The highest BCUT2D eigenvalue weighted by Gasteiger charge is 2.06. The lowest BCUT2D eigenvalue weighted by Crippen LogP contribution is -2.13. The Morgan fingerprint density at radius 1 is 1.67 bits per heavy atom. The van der Waals surface area contributed by atoms with Crippen molar-refractivity contribution in [3.8, 4) is 5.75 Å². The second-order valence-corrected chi connectivity index (χ2v) is 3.02. The van der Waals surface area contributed by atoms with Gasteiger partial charge in [0.2, 0.25) is 5.91 Å². The lowest BCUT2D eigenvalue weighted by Gasteiger charge is -2.05. The molecule has 0 aliphatic rings. The van der Waals surface area contributed by atoms with Crippen molar-refractivity contribution in [1.82, 2.24) is 4.98 Å². The van der Waals surface area contributed by atoms with E-state index in [2.05, 4.69) is 10.3 Å². The molecule has 0 aliphatic carbocycles. The zero-order valence-electron chi connectivity index (χ0n) is 8.56. The molecule has 0 fully saturated rings. The van der Waals surface area contributed by atoms with Crippen molar-refractivity contribution in [2.45, 2.75) is 12.8 Å². The molecule has 0 saturated carbocycles. The van der Waals surface area contributed by atoms with Crippen LogP contribution in [0, 0.1) is 0 Å². The van der Waals surface area contributed by atoms with Crippen LogP contribution in [0.15, 0.2) is 18.3 Å². The van der Waals surface area contributed by atoms with Crippen molar-refractivity contribution in [1.29, 1.82) is 0 Å². The summed E-state index contributed by atoms with van der Waals surface area (Å²) < 4.78 is 4.82. The SMILES string of the molecule is COCCCC(=O)Nc1ncccc1O. The van der Waals surface area contributed by atoms with Gasteiger partial charge in [0.15, 0.2) is 11.6 Å². The molecule has 0 atom stereocenters. The Hall–Kier alpha value is -1.62. The molecule has 1 heterocycles. The summed E-state index contributed by atoms with van der Waals surface area (Å²) in [4.78, 5) is 15.2. The van der Waals surface area contributed by atoms with Gasteiger partial charge in [0.25, 0.3) is 0 Å². The van der Waals surface area contributed by atoms with E-state index in [0.717, 1.165) is 0 Å². The van der Waals surface area contributed by atoms with Crippen molar-refractivity contribution in [3.05, 3.63) is 18.3 Å². The van der Waals surface area contributed by atoms with Crippen LogP contribution in [-0.2, 0) is 9.53 Å². The number of ether oxygens (including phenoxy) is 1. The molecule has 0 unspecified atom stereocenters. The van der Waals surface area contributed by atoms with Gasteiger partial charge in [-0.05, 0) is 18.6 Å². The molecule has 0 radical (unpaired) electrons. The minimum Gasteiger partial charge on any atom is -0.504 e. The van der Waals surface area contributed by atoms with Crippen LogP contribution in [0.1, 0.15) is 12.8 Å². The monoisotopic (exact) mass is 210 g/mol. The standard InChI is InChI=1S/C10H14N2O3/c1-15-7-3-5-9(14)12-10-8(13)4-2-6-11-10/h2,4,6,13H,3,5,7H2,1H3,(H,11,12,14). The van der Waals surface area contributed by atoms with Crippen LogP contribution in [0.25, 0.3) is 0 Å². The van der Waals surface area contributed by atoms with Gasteiger partial charge in [0.05, 0.1) is 0 Å². The van der Waals surface area contributed by atoms with Gasteiger partial charge in [-0.1, -0.05) is 0 Å². The van der Waals surface area contributed by atoms with Gasteiger partial charge in [-0.25, -0.2) is 4.98 Å². The maximum atomic E-state index is 11.3. The van der Waals surface area contributed by atoms with Crippen molar-refractivity contribution >= 4 is 11.7 Å². The highest BCUT2D eigenvalue weighted by molar-refractivity contribution is 5.90. The van der Waals surface area contributed by atoms with Crippen molar-refractivity contribution in [3.63, 3.8) is 0 Å². The summed E-state index contributed by atoms with van der Waals surface area (Å²) in [7, 11) is 1.59. The predicted octanol–water partition coefficient (Wildman–Crippen LogP) is 1.15. The van der Waals surface area contributed by atoms with Gasteiger partial charge in [-0.15, -0.1) is 0 Å². The first-order valence-corrected chi connectivity index (χ1v) is 4.67. The number of carbonyl (C=O) groups is 1. The van der Waals surface area contributed by atoms with Crippen LogP contribution in [0.3, 0.4) is 0 Å². The zero-order valence-corrected chi connectivity index (χ0v) is 8.56. The summed E-state index contributed by atoms with van der Waals surface area (Å²) in [5.41, 5.74) is 0. The molecule has 1 aromatic heterocycles. The second kappa shape index (κ2) is 5.98. The van der Waals surface area contributed by atoms with E-state index < -0.39 is 0 Å². The summed E-state index contributed by atoms with van der Waals surface area (Å²) in [6, 6.07) is 3.06. The molecular weight excluding hydrogens is 196 g/mol. The third-order valence-electron chi connectivity index (χ3n) is 1.80. The topological polar surface area (TPSA) is 71.5 Å². The van der Waals surface area contributed by atoms with Crippen LogP contribution in [0.5, 0.6) is 5.75 Å². The molecule has 2 N–H and O–H groups in total. The fourth-order valence-electron chi connectivity index (χ4n) is 1.06. The van der Waals surface area contributed by atoms with Crippen LogP contribution >= 0.6 is 0 Å². The second-order valence-electron chi connectivity index (χ2n) is 3.02. The number of rotatable bonds is 5. The highest BCUT2D eigenvalue weighted by atomic mass is 16.5. The molecular formula is C10H14N2O3. The third kappa shape index (κ3) is 3.95. The lowest BCUT2D eigenvalue weighted by atomic mass is 10.3. The fraction of sp³-hybridized carbons (Fsp3) is 0.400. The normalized spacial score (nSPS) is 9.93. The number of pyridine rings is 1. The Morgan fingerprint density at radius 2 is 2.47 bits per heavy atom. The van der Waals surface area contributed by atoms with Crippen LogP contribution in [-0.4, -0.2) is 29.7 Å². The van der Waals surface area contributed by atoms with Gasteiger partial charge in [0, 0.05) is 26.3 Å². The van der Waals surface area contributed by atoms with E-state index in [1.807, 2.05) is 0 Å². The van der Waals surface area contributed by atoms with Gasteiger partial charge >= 0.3 is 0 Å². The Labute approximate surface area is 88.1 Å². The number of aromatic nitrogens is 1. The quantitative estimate of drug-likeness (QED) is 0.715. The molecule has 0 saturated heterocycles. The van der Waals surface area contributed by atoms with Crippen LogP contribution in [0.2, 0.25) is 0 Å². The first-order valence-electron chi connectivity index (χ1n) is 4.67. The molecule has 1 rings (SSSR count). The largest absolute Gasteiger partial charge is 0.504 e. The smallest absolute Gasteiger partial charge is 0.225 e. The Morgan fingerprint density at radius 3 is 3.13 bits per heavy atom. The Bertz CT molecular complexity index is 328. The predicted molar refractivity (Wildman–Crippen MR) is 55.6 cm³/mol. The van der Waals surface area contributed by atoms with E-state index in [4.69, 9.17) is 4.74 Å². The molecule has 0 spiro atoms. The Kier molecular flexibility index (Phi) is 4.56. The molecule has 5 heteroatoms. The number of hydrogen-bond donors (Lipinski definition) is 2. The molecule has 5 nitrogen and oxygen atoms in total. The maximum Gasteiger partial charge on any atom is 0.225 e. The van der Waals surface area contributed by atoms with E-state index in [1.165, 1.54) is 12.3 Å². The number of hydrogen-bond acceptors (Lipinski definition) is 4. The highest BCUT2D eigenvalue weighted by Crippen LogP contribution is 2.18. The van der Waals surface area contributed by atoms with Crippen LogP contribution in [0.4, 0.5) is 5.82 Å². The third-order valence-corrected chi connectivity index (χ3v) is 1.80. The molecule has 0 aliphatic heterocycles. The van der Waals surface area contributed by atoms with Gasteiger partial charge in [0.1, 0.15) is 0 Å². The number of aromatic hydroxyl groups is 1. The summed E-state index contributed by atoms with van der Waals surface area (Å²) >= 11 is 0. The first-order chi connectivity index (χ1) is 7.24. The van der Waals surface area contributed by atoms with E-state index in [1.54, 1.807) is 13.2 Å². The average Bonchev–Trinajstić information content (AvgIpc) is 2.22. The molecule has 1 amide bonds. The molecule has 0 aromatic carbocycles. The lowest BCUT2D eigenvalue weighted by molar-refractivity contribution is -0.116. The number of carbonyl (C=O) groups excluding carboxylic acids is 1. The molecule has 1 aromatic rings. The van der Waals surface area contributed by atoms with Crippen LogP contribution < -0.4 is 5.32 Å². The summed E-state index contributed by atoms with van der Waals surface area (Å²) in [6.45, 7) is 0.543. The number of methoxy groups -OCH3 is 1. The fourth-order valence-corrected chi connectivity index (χ4v) is 1.06. The van der Waals surface area contributed by atoms with Gasteiger partial charge in [-0.3, -0.25) is 4.79 Å². The number of anilines is 1. The number of amides is 1. The van der Waals surface area contributed by atoms with Crippen molar-refractivity contribution in [2.24, 2.45) is 0 Å². The van der Waals surface area contributed by atoms with Gasteiger partial charge in [-0.2, -0.15) is 0 Å².